The van der Waals surface area contributed by atoms with Crippen molar-refractivity contribution in [2.45, 2.75) is 18.9 Å². The molecule has 2 rings (SSSR count). The van der Waals surface area contributed by atoms with Gasteiger partial charge in [-0.1, -0.05) is 15.9 Å². The smallest absolute Gasteiger partial charge is 0.261 e. The van der Waals surface area contributed by atoms with Crippen LogP contribution in [0.5, 0.6) is 0 Å². The first-order chi connectivity index (χ1) is 7.41. The maximum atomic E-state index is 12.8. The van der Waals surface area contributed by atoms with Crippen LogP contribution in [0.4, 0.5) is 8.78 Å². The van der Waals surface area contributed by atoms with E-state index in [0.717, 1.165) is 15.4 Å². The second kappa shape index (κ2) is 3.82. The van der Waals surface area contributed by atoms with Crippen molar-refractivity contribution < 1.29 is 8.78 Å². The molecule has 0 spiro atoms. The van der Waals surface area contributed by atoms with Gasteiger partial charge >= 0.3 is 0 Å². The van der Waals surface area contributed by atoms with E-state index in [1.54, 1.807) is 6.07 Å². The normalized spacial score (nSPS) is 15.6. The van der Waals surface area contributed by atoms with Crippen molar-refractivity contribution in [2.75, 3.05) is 0 Å². The molecule has 1 aromatic carbocycles. The Morgan fingerprint density at radius 3 is 2.69 bits per heavy atom. The molecule has 0 bridgehead atoms. The topological polar surface area (TPSA) is 41.8 Å². The molecule has 2 nitrogen and oxygen atoms in total. The van der Waals surface area contributed by atoms with E-state index in [1.165, 1.54) is 6.92 Å². The summed E-state index contributed by atoms with van der Waals surface area (Å²) < 4.78 is 26.4. The van der Waals surface area contributed by atoms with Gasteiger partial charge in [0.25, 0.3) is 6.43 Å². The molecule has 0 aliphatic heterocycles. The van der Waals surface area contributed by atoms with Crippen molar-refractivity contribution in [3.05, 3.63) is 34.4 Å². The highest BCUT2D eigenvalue weighted by atomic mass is 79.9. The number of rotatable bonds is 2. The fourth-order valence-electron chi connectivity index (χ4n) is 1.51. The van der Waals surface area contributed by atoms with Crippen LogP contribution in [0, 0.1) is 0 Å². The summed E-state index contributed by atoms with van der Waals surface area (Å²) in [5, 5.41) is 0.863. The lowest BCUT2D eigenvalue weighted by Gasteiger charge is -2.21. The Morgan fingerprint density at radius 2 is 2.06 bits per heavy atom. The SMILES string of the molecule is CC(N)(c1cc2cc(Br)ccc2[nH]1)C(F)F. The Labute approximate surface area is 100.0 Å². The summed E-state index contributed by atoms with van der Waals surface area (Å²) in [5.41, 5.74) is 5.09. The fourth-order valence-corrected chi connectivity index (χ4v) is 1.89. The van der Waals surface area contributed by atoms with Gasteiger partial charge in [0.1, 0.15) is 5.54 Å². The first-order valence-corrected chi connectivity index (χ1v) is 5.56. The monoisotopic (exact) mass is 288 g/mol. The number of aromatic amines is 1. The third-order valence-corrected chi connectivity index (χ3v) is 3.11. The minimum Gasteiger partial charge on any atom is -0.357 e. The highest BCUT2D eigenvalue weighted by Crippen LogP contribution is 2.28. The number of hydrogen-bond acceptors (Lipinski definition) is 1. The van der Waals surface area contributed by atoms with E-state index in [2.05, 4.69) is 20.9 Å². The standard InChI is InChI=1S/C11H11BrF2N2/c1-11(15,10(13)14)9-5-6-4-7(12)2-3-8(6)16-9/h2-5,10,16H,15H2,1H3. The van der Waals surface area contributed by atoms with Gasteiger partial charge in [0, 0.05) is 21.1 Å². The first kappa shape index (κ1) is 11.5. The molecule has 0 fully saturated rings. The zero-order valence-corrected chi connectivity index (χ0v) is 10.2. The number of benzene rings is 1. The number of nitrogens with one attached hydrogen (secondary N) is 1. The van der Waals surface area contributed by atoms with Crippen LogP contribution in [0.3, 0.4) is 0 Å². The van der Waals surface area contributed by atoms with E-state index < -0.39 is 12.0 Å². The largest absolute Gasteiger partial charge is 0.357 e. The van der Waals surface area contributed by atoms with Gasteiger partial charge in [-0.15, -0.1) is 0 Å². The maximum Gasteiger partial charge on any atom is 0.261 e. The lowest BCUT2D eigenvalue weighted by Crippen LogP contribution is -2.40. The molecule has 2 aromatic rings. The van der Waals surface area contributed by atoms with Crippen molar-refractivity contribution in [3.63, 3.8) is 0 Å². The average Bonchev–Trinajstić information content (AvgIpc) is 2.60. The second-order valence-electron chi connectivity index (χ2n) is 4.00. The molecule has 0 radical (unpaired) electrons. The number of aromatic nitrogens is 1. The predicted molar refractivity (Wildman–Crippen MR) is 63.5 cm³/mol. The predicted octanol–water partition coefficient (Wildman–Crippen LogP) is 3.37. The van der Waals surface area contributed by atoms with Gasteiger partial charge in [-0.25, -0.2) is 8.78 Å². The Bertz CT molecular complexity index is 520. The van der Waals surface area contributed by atoms with E-state index >= 15 is 0 Å². The molecule has 16 heavy (non-hydrogen) atoms. The maximum absolute atomic E-state index is 12.8. The van der Waals surface area contributed by atoms with Crippen LogP contribution in [0.1, 0.15) is 12.6 Å². The van der Waals surface area contributed by atoms with Crippen LogP contribution < -0.4 is 5.73 Å². The summed E-state index contributed by atoms with van der Waals surface area (Å²) in [7, 11) is 0. The highest BCUT2D eigenvalue weighted by Gasteiger charge is 2.33. The zero-order chi connectivity index (χ0) is 11.9. The molecule has 86 valence electrons. The molecule has 0 aliphatic carbocycles. The minimum atomic E-state index is -2.61. The Hall–Kier alpha value is -0.940. The van der Waals surface area contributed by atoms with E-state index in [1.807, 2.05) is 18.2 Å². The summed E-state index contributed by atoms with van der Waals surface area (Å²) in [6.45, 7) is 1.32. The molecule has 1 atom stereocenters. The van der Waals surface area contributed by atoms with Gasteiger partial charge in [0.05, 0.1) is 0 Å². The minimum absolute atomic E-state index is 0.343. The summed E-state index contributed by atoms with van der Waals surface area (Å²) in [5.74, 6) is 0. The molecule has 0 saturated heterocycles. The van der Waals surface area contributed by atoms with Crippen molar-refractivity contribution >= 4 is 26.8 Å². The lowest BCUT2D eigenvalue weighted by atomic mass is 10.0. The summed E-state index contributed by atoms with van der Waals surface area (Å²) in [4.78, 5) is 2.92. The summed E-state index contributed by atoms with van der Waals surface area (Å²) in [6.07, 6.45) is -2.61. The average molecular weight is 289 g/mol. The number of hydrogen-bond donors (Lipinski definition) is 2. The lowest BCUT2D eigenvalue weighted by molar-refractivity contribution is 0.0606. The fraction of sp³-hybridized carbons (Fsp3) is 0.273. The summed E-state index contributed by atoms with van der Waals surface area (Å²) >= 11 is 3.33. The third-order valence-electron chi connectivity index (χ3n) is 2.62. The molecular formula is C11H11BrF2N2. The van der Waals surface area contributed by atoms with Gasteiger partial charge in [0.2, 0.25) is 0 Å². The number of halogens is 3. The molecule has 0 aliphatic rings. The molecule has 3 N–H and O–H groups in total. The van der Waals surface area contributed by atoms with Crippen LogP contribution in [0.25, 0.3) is 10.9 Å². The van der Waals surface area contributed by atoms with E-state index in [9.17, 15) is 8.78 Å². The highest BCUT2D eigenvalue weighted by molar-refractivity contribution is 9.10. The van der Waals surface area contributed by atoms with E-state index in [-0.39, 0.29) is 0 Å². The molecule has 1 aromatic heterocycles. The third kappa shape index (κ3) is 1.85. The molecule has 0 amide bonds. The number of H-pyrrole nitrogens is 1. The molecule has 1 heterocycles. The van der Waals surface area contributed by atoms with Crippen molar-refractivity contribution in [1.29, 1.82) is 0 Å². The molecular weight excluding hydrogens is 278 g/mol. The molecule has 0 saturated carbocycles. The van der Waals surface area contributed by atoms with Crippen LogP contribution in [-0.2, 0) is 5.54 Å². The number of fused-ring (bicyclic) bond motifs is 1. The van der Waals surface area contributed by atoms with Gasteiger partial charge in [-0.3, -0.25) is 0 Å². The van der Waals surface area contributed by atoms with E-state index in [4.69, 9.17) is 5.73 Å². The van der Waals surface area contributed by atoms with Gasteiger partial charge in [-0.05, 0) is 31.2 Å². The first-order valence-electron chi connectivity index (χ1n) is 4.77. The van der Waals surface area contributed by atoms with Crippen molar-refractivity contribution in [2.24, 2.45) is 5.73 Å². The number of alkyl halides is 2. The molecule has 1 unspecified atom stereocenters. The van der Waals surface area contributed by atoms with Crippen molar-refractivity contribution in [1.82, 2.24) is 4.98 Å². The summed E-state index contributed by atoms with van der Waals surface area (Å²) in [6, 6.07) is 7.19. The second-order valence-corrected chi connectivity index (χ2v) is 4.91. The van der Waals surface area contributed by atoms with Crippen LogP contribution in [-0.4, -0.2) is 11.4 Å². The quantitative estimate of drug-likeness (QED) is 0.874. The Kier molecular flexibility index (Phi) is 2.75. The Balaban J connectivity index is 2.55. The van der Waals surface area contributed by atoms with Gasteiger partial charge in [0.15, 0.2) is 0 Å². The van der Waals surface area contributed by atoms with Crippen LogP contribution >= 0.6 is 15.9 Å². The van der Waals surface area contributed by atoms with Crippen molar-refractivity contribution in [3.8, 4) is 0 Å². The molecule has 5 heteroatoms. The van der Waals surface area contributed by atoms with Gasteiger partial charge < -0.3 is 10.7 Å². The van der Waals surface area contributed by atoms with Crippen LogP contribution in [0.2, 0.25) is 0 Å². The van der Waals surface area contributed by atoms with Gasteiger partial charge in [-0.2, -0.15) is 0 Å². The van der Waals surface area contributed by atoms with Crippen LogP contribution in [0.15, 0.2) is 28.7 Å². The zero-order valence-electron chi connectivity index (χ0n) is 8.60. The Morgan fingerprint density at radius 1 is 1.38 bits per heavy atom. The number of nitrogens with two attached hydrogens (primary N) is 1. The van der Waals surface area contributed by atoms with E-state index in [0.29, 0.717) is 5.69 Å².